The Morgan fingerprint density at radius 1 is 1.23 bits per heavy atom. The summed E-state index contributed by atoms with van der Waals surface area (Å²) in [5.41, 5.74) is -1.10. The van der Waals surface area contributed by atoms with Gasteiger partial charge in [0.15, 0.2) is 5.75 Å². The number of aromatic nitrogens is 2. The molecule has 0 saturated carbocycles. The molecule has 0 unspecified atom stereocenters. The zero-order valence-electron chi connectivity index (χ0n) is 7.17. The van der Waals surface area contributed by atoms with Crippen molar-refractivity contribution in [1.29, 1.82) is 0 Å². The Kier molecular flexibility index (Phi) is 5.45. The third-order valence-electron chi connectivity index (χ3n) is 1.18. The number of hydrogen-bond acceptors (Lipinski definition) is 3. The molecule has 1 aromatic heterocycles. The fourth-order valence-corrected chi connectivity index (χ4v) is 0.601. The van der Waals surface area contributed by atoms with Gasteiger partial charge in [-0.2, -0.15) is 0 Å². The van der Waals surface area contributed by atoms with Gasteiger partial charge < -0.3 is 17.7 Å². The maximum atomic E-state index is 11.9. The van der Waals surface area contributed by atoms with Crippen molar-refractivity contribution in [2.24, 2.45) is 0 Å². The Hall–Kier alpha value is 0.371. The largest absolute Gasteiger partial charge is 1.00 e. The predicted molar refractivity (Wildman–Crippen MR) is 37.3 cm³/mol. The Morgan fingerprint density at radius 2 is 1.69 bits per heavy atom. The summed E-state index contributed by atoms with van der Waals surface area (Å²) in [7, 11) is 1.33. The van der Waals surface area contributed by atoms with Crippen LogP contribution in [0.1, 0.15) is 0 Å². The molecule has 0 atom stereocenters. The van der Waals surface area contributed by atoms with Crippen LogP contribution in [0, 0.1) is 0 Å². The normalized spacial score (nSPS) is 10.5. The summed E-state index contributed by atoms with van der Waals surface area (Å²) in [6.45, 7) is -5.10. The summed E-state index contributed by atoms with van der Waals surface area (Å²) in [5, 5.41) is 0. The van der Waals surface area contributed by atoms with Crippen molar-refractivity contribution in [1.82, 2.24) is 9.97 Å². The van der Waals surface area contributed by atoms with E-state index in [9.17, 15) is 12.9 Å². The van der Waals surface area contributed by atoms with Gasteiger partial charge in [0.05, 0.1) is 25.2 Å². The number of rotatable bonds is 2. The number of methoxy groups -OCH3 is 1. The van der Waals surface area contributed by atoms with Gasteiger partial charge in [-0.15, -0.1) is 0 Å². The maximum Gasteiger partial charge on any atom is 1.00 e. The molecular weight excluding hydrogens is 211 g/mol. The van der Waals surface area contributed by atoms with E-state index in [4.69, 9.17) is 0 Å². The van der Waals surface area contributed by atoms with Crippen LogP contribution in [0.4, 0.5) is 12.9 Å². The first-order valence-electron chi connectivity index (χ1n) is 3.10. The van der Waals surface area contributed by atoms with E-state index in [2.05, 4.69) is 14.7 Å². The molecule has 0 amide bonds. The molecule has 0 N–H and O–H groups in total. The number of hydrogen-bond donors (Lipinski definition) is 0. The molecule has 0 radical (unpaired) electrons. The van der Waals surface area contributed by atoms with Gasteiger partial charge in [0.2, 0.25) is 0 Å². The van der Waals surface area contributed by atoms with Crippen molar-refractivity contribution in [3.63, 3.8) is 0 Å². The molecule has 0 aliphatic carbocycles. The predicted octanol–water partition coefficient (Wildman–Crippen LogP) is -2.46. The molecule has 3 nitrogen and oxygen atoms in total. The minimum absolute atomic E-state index is 0. The van der Waals surface area contributed by atoms with Crippen LogP contribution in [0.15, 0.2) is 12.4 Å². The molecule has 0 aliphatic heterocycles. The Bertz CT molecular complexity index is 265. The van der Waals surface area contributed by atoms with E-state index in [1.807, 2.05) is 0 Å². The summed E-state index contributed by atoms with van der Waals surface area (Å²) in [4.78, 5) is 6.17. The van der Waals surface area contributed by atoms with Crippen molar-refractivity contribution in [3.05, 3.63) is 12.4 Å². The molecule has 8 heteroatoms. The van der Waals surface area contributed by atoms with Crippen molar-refractivity contribution < 1.29 is 69.1 Å². The van der Waals surface area contributed by atoms with Crippen LogP contribution >= 0.6 is 0 Å². The average molecular weight is 216 g/mol. The topological polar surface area (TPSA) is 35.0 Å². The molecular formula is C5H5BF3KN2O. The second-order valence-corrected chi connectivity index (χ2v) is 2.06. The van der Waals surface area contributed by atoms with Crippen LogP contribution in [-0.4, -0.2) is 24.1 Å². The number of halogens is 3. The van der Waals surface area contributed by atoms with E-state index in [-0.39, 0.29) is 57.1 Å². The zero-order chi connectivity index (χ0) is 9.19. The summed E-state index contributed by atoms with van der Waals surface area (Å²) < 4.78 is 40.4. The number of nitrogens with zero attached hydrogens (tertiary/aromatic N) is 2. The van der Waals surface area contributed by atoms with Gasteiger partial charge in [0.1, 0.15) is 0 Å². The fraction of sp³-hybridized carbons (Fsp3) is 0.200. The van der Waals surface area contributed by atoms with Gasteiger partial charge in [0, 0.05) is 0 Å². The van der Waals surface area contributed by atoms with E-state index >= 15 is 0 Å². The van der Waals surface area contributed by atoms with E-state index in [1.54, 1.807) is 0 Å². The van der Waals surface area contributed by atoms with E-state index in [0.29, 0.717) is 0 Å². The van der Waals surface area contributed by atoms with Crippen LogP contribution in [0.25, 0.3) is 0 Å². The molecule has 0 aromatic carbocycles. The fourth-order valence-electron chi connectivity index (χ4n) is 0.601. The molecule has 0 spiro atoms. The molecule has 13 heavy (non-hydrogen) atoms. The van der Waals surface area contributed by atoms with Crippen molar-refractivity contribution in [2.75, 3.05) is 7.11 Å². The first-order valence-corrected chi connectivity index (χ1v) is 3.10. The van der Waals surface area contributed by atoms with E-state index in [1.165, 1.54) is 7.11 Å². The van der Waals surface area contributed by atoms with Crippen molar-refractivity contribution in [2.45, 2.75) is 0 Å². The molecule has 1 rings (SSSR count). The van der Waals surface area contributed by atoms with Crippen LogP contribution in [0.3, 0.4) is 0 Å². The standard InChI is InChI=1S/C5H5BF3N2O.K/c1-12-4-2-10-5(11-3-4)6(7,8)9;/h2-3H,1H3;/q-1;+1. The summed E-state index contributed by atoms with van der Waals surface area (Å²) in [6, 6.07) is 0. The number of ether oxygens (including phenoxy) is 1. The second kappa shape index (κ2) is 5.30. The molecule has 0 aliphatic rings. The third-order valence-corrected chi connectivity index (χ3v) is 1.18. The monoisotopic (exact) mass is 216 g/mol. The van der Waals surface area contributed by atoms with Gasteiger partial charge in [0.25, 0.3) is 0 Å². The van der Waals surface area contributed by atoms with Gasteiger partial charge in [-0.1, -0.05) is 0 Å². The van der Waals surface area contributed by atoms with Gasteiger partial charge in [-0.25, -0.2) is 0 Å². The van der Waals surface area contributed by atoms with Gasteiger partial charge >= 0.3 is 58.4 Å². The second-order valence-electron chi connectivity index (χ2n) is 2.06. The molecule has 66 valence electrons. The smallest absolute Gasteiger partial charge is 0.494 e. The van der Waals surface area contributed by atoms with Gasteiger partial charge in [-0.3, -0.25) is 9.97 Å². The van der Waals surface area contributed by atoms with Crippen molar-refractivity contribution in [3.8, 4) is 5.75 Å². The Labute approximate surface area is 116 Å². The first-order chi connectivity index (χ1) is 5.54. The Morgan fingerprint density at radius 3 is 2.00 bits per heavy atom. The molecule has 1 aromatic rings. The molecule has 1 heterocycles. The quantitative estimate of drug-likeness (QED) is 0.514. The molecule has 0 saturated heterocycles. The first kappa shape index (κ1) is 13.4. The van der Waals surface area contributed by atoms with Crippen LogP contribution in [0.5, 0.6) is 5.75 Å². The van der Waals surface area contributed by atoms with Crippen molar-refractivity contribution >= 4 is 12.7 Å². The van der Waals surface area contributed by atoms with Crippen LogP contribution in [-0.2, 0) is 0 Å². The summed E-state index contributed by atoms with van der Waals surface area (Å²) >= 11 is 0. The minimum atomic E-state index is -5.10. The summed E-state index contributed by atoms with van der Waals surface area (Å²) in [6.07, 6.45) is 1.97. The van der Waals surface area contributed by atoms with Crippen LogP contribution in [0.2, 0.25) is 0 Å². The van der Waals surface area contributed by atoms with E-state index < -0.39 is 12.7 Å². The zero-order valence-corrected chi connectivity index (χ0v) is 10.3. The van der Waals surface area contributed by atoms with E-state index in [0.717, 1.165) is 12.4 Å². The SMILES string of the molecule is COc1cnc([B-](F)(F)F)nc1.[K+]. The Balaban J connectivity index is 0.00000144. The summed E-state index contributed by atoms with van der Waals surface area (Å²) in [5.74, 6) is 0.207. The minimum Gasteiger partial charge on any atom is -0.494 e. The van der Waals surface area contributed by atoms with Gasteiger partial charge in [-0.05, 0) is 0 Å². The third kappa shape index (κ3) is 3.94. The average Bonchev–Trinajstić information content (AvgIpc) is 2.03. The van der Waals surface area contributed by atoms with Crippen LogP contribution < -0.4 is 61.8 Å². The molecule has 0 fully saturated rings. The molecule has 0 bridgehead atoms. The maximum absolute atomic E-state index is 11.9.